The zero-order valence-corrected chi connectivity index (χ0v) is 28.6. The van der Waals surface area contributed by atoms with E-state index in [1.54, 1.807) is 19.5 Å². The molecule has 0 aromatic carbocycles. The van der Waals surface area contributed by atoms with E-state index in [1.807, 2.05) is 13.8 Å². The number of rotatable bonds is 16. The number of nitrogen functional groups attached to an aromatic ring is 1. The van der Waals surface area contributed by atoms with Crippen LogP contribution in [0.25, 0.3) is 0 Å². The van der Waals surface area contributed by atoms with Crippen molar-refractivity contribution in [3.63, 3.8) is 0 Å². The van der Waals surface area contributed by atoms with Gasteiger partial charge in [-0.2, -0.15) is 0 Å². The number of carbonyl (C=O) groups is 3. The Hall–Kier alpha value is -2.28. The Morgan fingerprint density at radius 1 is 1.07 bits per heavy atom. The van der Waals surface area contributed by atoms with E-state index in [-0.39, 0.29) is 37.8 Å². The van der Waals surface area contributed by atoms with Crippen LogP contribution in [-0.2, 0) is 20.8 Å². The summed E-state index contributed by atoms with van der Waals surface area (Å²) < 4.78 is 0. The van der Waals surface area contributed by atoms with Crippen molar-refractivity contribution in [2.24, 2.45) is 17.8 Å². The third kappa shape index (κ3) is 12.1. The van der Waals surface area contributed by atoms with E-state index in [2.05, 4.69) is 10.3 Å². The van der Waals surface area contributed by atoms with Gasteiger partial charge >= 0.3 is 0 Å². The van der Waals surface area contributed by atoms with Crippen LogP contribution in [0, 0.1) is 17.8 Å². The van der Waals surface area contributed by atoms with Crippen LogP contribution in [0.1, 0.15) is 103 Å². The molecule has 11 nitrogen and oxygen atoms in total. The predicted octanol–water partition coefficient (Wildman–Crippen LogP) is 3.11. The SMILES string of the molecule is CC(C)C[C@H](O)[C@H](O)[C@H](CC1CCCCC1)NC(=O)[C@@H](CC(=O)N(CC(=O)N(C)C)CC1(O)CCCCC1)Cc1csc(N)n1. The Morgan fingerprint density at radius 2 is 1.71 bits per heavy atom. The number of aliphatic hydroxyl groups excluding tert-OH is 2. The van der Waals surface area contributed by atoms with E-state index in [9.17, 15) is 29.7 Å². The topological polar surface area (TPSA) is 169 Å². The third-order valence-corrected chi connectivity index (χ3v) is 10.1. The van der Waals surface area contributed by atoms with Crippen molar-refractivity contribution in [3.05, 3.63) is 11.1 Å². The molecule has 3 amide bonds. The first kappa shape index (κ1) is 37.2. The van der Waals surface area contributed by atoms with Gasteiger partial charge in [-0.1, -0.05) is 65.2 Å². The average molecular weight is 652 g/mol. The number of thiazole rings is 1. The Bertz CT molecular complexity index is 1090. The van der Waals surface area contributed by atoms with Crippen molar-refractivity contribution in [1.82, 2.24) is 20.1 Å². The first-order valence-corrected chi connectivity index (χ1v) is 17.7. The number of likely N-dealkylation sites (N-methyl/N-ethyl adjacent to an activating group) is 1. The van der Waals surface area contributed by atoms with Gasteiger partial charge < -0.3 is 36.2 Å². The Balaban J connectivity index is 1.85. The Labute approximate surface area is 273 Å². The van der Waals surface area contributed by atoms with Crippen molar-refractivity contribution < 1.29 is 29.7 Å². The van der Waals surface area contributed by atoms with Gasteiger partial charge in [0.25, 0.3) is 0 Å². The molecule has 0 saturated heterocycles. The van der Waals surface area contributed by atoms with Gasteiger partial charge in [-0.15, -0.1) is 11.3 Å². The van der Waals surface area contributed by atoms with Gasteiger partial charge in [0.2, 0.25) is 17.7 Å². The Kier molecular flexibility index (Phi) is 14.5. The Morgan fingerprint density at radius 3 is 2.29 bits per heavy atom. The van der Waals surface area contributed by atoms with Crippen molar-refractivity contribution in [3.8, 4) is 0 Å². The molecule has 0 unspecified atom stereocenters. The summed E-state index contributed by atoms with van der Waals surface area (Å²) in [5.41, 5.74) is 5.38. The maximum absolute atomic E-state index is 14.0. The van der Waals surface area contributed by atoms with Crippen LogP contribution in [0.3, 0.4) is 0 Å². The lowest BCUT2D eigenvalue weighted by Gasteiger charge is -2.37. The quantitative estimate of drug-likeness (QED) is 0.182. The summed E-state index contributed by atoms with van der Waals surface area (Å²) in [6.45, 7) is 3.77. The number of carbonyl (C=O) groups excluding carboxylic acids is 3. The van der Waals surface area contributed by atoms with Crippen LogP contribution in [0.5, 0.6) is 0 Å². The highest BCUT2D eigenvalue weighted by Gasteiger charge is 2.37. The second kappa shape index (κ2) is 17.6. The molecule has 0 bridgehead atoms. The second-order valence-electron chi connectivity index (χ2n) is 14.1. The van der Waals surface area contributed by atoms with Crippen molar-refractivity contribution in [2.75, 3.05) is 32.9 Å². The molecule has 12 heteroatoms. The number of hydrogen-bond donors (Lipinski definition) is 5. The van der Waals surface area contributed by atoms with E-state index in [0.29, 0.717) is 42.4 Å². The molecule has 4 atom stereocenters. The molecule has 2 aliphatic carbocycles. The molecule has 2 aliphatic rings. The molecule has 45 heavy (non-hydrogen) atoms. The zero-order valence-electron chi connectivity index (χ0n) is 27.7. The normalized spacial score (nSPS) is 19.8. The zero-order chi connectivity index (χ0) is 33.1. The number of amides is 3. The number of nitrogens with one attached hydrogen (secondary N) is 1. The number of hydrogen-bond acceptors (Lipinski definition) is 9. The monoisotopic (exact) mass is 651 g/mol. The predicted molar refractivity (Wildman–Crippen MR) is 176 cm³/mol. The molecule has 1 aromatic rings. The van der Waals surface area contributed by atoms with Crippen LogP contribution >= 0.6 is 11.3 Å². The van der Waals surface area contributed by atoms with Gasteiger partial charge in [-0.25, -0.2) is 4.98 Å². The summed E-state index contributed by atoms with van der Waals surface area (Å²) in [7, 11) is 3.24. The summed E-state index contributed by atoms with van der Waals surface area (Å²) in [5.74, 6) is -1.46. The van der Waals surface area contributed by atoms with E-state index >= 15 is 0 Å². The molecule has 6 N–H and O–H groups in total. The smallest absolute Gasteiger partial charge is 0.241 e. The van der Waals surface area contributed by atoms with E-state index in [1.165, 1.54) is 27.6 Å². The molecule has 0 radical (unpaired) electrons. The van der Waals surface area contributed by atoms with Gasteiger partial charge in [0.15, 0.2) is 5.13 Å². The van der Waals surface area contributed by atoms with Crippen LogP contribution < -0.4 is 11.1 Å². The fourth-order valence-electron chi connectivity index (χ4n) is 6.78. The maximum Gasteiger partial charge on any atom is 0.241 e. The van der Waals surface area contributed by atoms with Crippen LogP contribution in [0.15, 0.2) is 5.38 Å². The molecular formula is C33H57N5O6S. The standard InChI is InChI=1S/C33H57N5O6S/c1-22(2)15-27(39)30(42)26(16-23-11-7-5-8-12-23)36-31(43)24(17-25-20-45-32(34)35-25)18-28(40)38(19-29(41)37(3)4)21-33(44)13-9-6-10-14-33/h20,22-24,26-27,30,39,42,44H,5-19,21H2,1-4H3,(H2,34,35)(H,36,43)/t24-,26+,27+,30-/m1/s1. The lowest BCUT2D eigenvalue weighted by molar-refractivity contribution is -0.145. The van der Waals surface area contributed by atoms with Crippen LogP contribution in [0.2, 0.25) is 0 Å². The summed E-state index contributed by atoms with van der Waals surface area (Å²) in [4.78, 5) is 47.9. The highest BCUT2D eigenvalue weighted by atomic mass is 32.1. The molecule has 2 fully saturated rings. The fraction of sp³-hybridized carbons (Fsp3) is 0.818. The molecule has 1 heterocycles. The van der Waals surface area contributed by atoms with Crippen LogP contribution in [-0.4, -0.2) is 98.9 Å². The van der Waals surface area contributed by atoms with Gasteiger partial charge in [-0.05, 0) is 37.5 Å². The molecule has 0 aliphatic heterocycles. The van der Waals surface area contributed by atoms with Crippen molar-refractivity contribution in [2.45, 2.75) is 128 Å². The van der Waals surface area contributed by atoms with Crippen LogP contribution in [0.4, 0.5) is 5.13 Å². The van der Waals surface area contributed by atoms with E-state index in [0.717, 1.165) is 44.9 Å². The highest BCUT2D eigenvalue weighted by molar-refractivity contribution is 7.13. The van der Waals surface area contributed by atoms with Gasteiger partial charge in [0, 0.05) is 38.9 Å². The number of anilines is 1. The minimum absolute atomic E-state index is 0.0216. The average Bonchev–Trinajstić information content (AvgIpc) is 3.40. The van der Waals surface area contributed by atoms with Crippen molar-refractivity contribution in [1.29, 1.82) is 0 Å². The second-order valence-corrected chi connectivity index (χ2v) is 15.0. The molecular weight excluding hydrogens is 594 g/mol. The molecule has 0 spiro atoms. The first-order chi connectivity index (χ1) is 21.3. The van der Waals surface area contributed by atoms with E-state index in [4.69, 9.17) is 5.73 Å². The summed E-state index contributed by atoms with van der Waals surface area (Å²) in [6.07, 6.45) is 7.95. The third-order valence-electron chi connectivity index (χ3n) is 9.42. The lowest BCUT2D eigenvalue weighted by Crippen LogP contribution is -2.53. The number of aromatic nitrogens is 1. The molecule has 256 valence electrons. The number of nitrogens with zero attached hydrogens (tertiary/aromatic N) is 3. The lowest BCUT2D eigenvalue weighted by atomic mass is 9.82. The molecule has 1 aromatic heterocycles. The minimum atomic E-state index is -1.15. The summed E-state index contributed by atoms with van der Waals surface area (Å²) in [5, 5.41) is 38.6. The molecule has 2 saturated carbocycles. The van der Waals surface area contributed by atoms with Gasteiger partial charge in [0.05, 0.1) is 35.9 Å². The summed E-state index contributed by atoms with van der Waals surface area (Å²) >= 11 is 1.25. The van der Waals surface area contributed by atoms with Gasteiger partial charge in [-0.3, -0.25) is 14.4 Å². The van der Waals surface area contributed by atoms with E-state index < -0.39 is 41.6 Å². The highest BCUT2D eigenvalue weighted by Crippen LogP contribution is 2.31. The summed E-state index contributed by atoms with van der Waals surface area (Å²) in [6, 6.07) is -0.679. The van der Waals surface area contributed by atoms with Gasteiger partial charge in [0.1, 0.15) is 6.10 Å². The fourth-order valence-corrected chi connectivity index (χ4v) is 7.36. The van der Waals surface area contributed by atoms with Crippen molar-refractivity contribution >= 4 is 34.2 Å². The number of nitrogens with two attached hydrogens (primary N) is 1. The number of aliphatic hydroxyl groups is 3. The maximum atomic E-state index is 14.0. The molecule has 3 rings (SSSR count). The minimum Gasteiger partial charge on any atom is -0.390 e. The largest absolute Gasteiger partial charge is 0.390 e. The first-order valence-electron chi connectivity index (χ1n) is 16.8.